The molecule has 0 spiro atoms. The molecule has 0 aliphatic heterocycles. The van der Waals surface area contributed by atoms with Crippen molar-refractivity contribution in [1.82, 2.24) is 5.32 Å². The Hall–Kier alpha value is -2.33. The number of carbonyl (C=O) groups is 1. The van der Waals surface area contributed by atoms with Crippen LogP contribution in [0.3, 0.4) is 0 Å². The van der Waals surface area contributed by atoms with Crippen LogP contribution >= 0.6 is 0 Å². The molecule has 0 saturated carbocycles. The van der Waals surface area contributed by atoms with E-state index in [1.54, 1.807) is 0 Å². The van der Waals surface area contributed by atoms with Gasteiger partial charge in [-0.15, -0.1) is 0 Å². The van der Waals surface area contributed by atoms with Gasteiger partial charge in [-0.05, 0) is 11.1 Å². The van der Waals surface area contributed by atoms with E-state index in [2.05, 4.69) is 49.2 Å². The molecule has 2 aromatic rings. The highest BCUT2D eigenvalue weighted by molar-refractivity contribution is 6.88. The molecule has 1 N–H and O–H groups in total. The SMILES string of the molecule is C[Si](C)(C)c1cccc(C=CCNC(=O)OCc2ccccc2)c1. The molecule has 2 rings (SSSR count). The predicted molar refractivity (Wildman–Crippen MR) is 103 cm³/mol. The van der Waals surface area contributed by atoms with Crippen molar-refractivity contribution in [3.8, 4) is 0 Å². The van der Waals surface area contributed by atoms with Crippen LogP contribution < -0.4 is 10.5 Å². The summed E-state index contributed by atoms with van der Waals surface area (Å²) in [4.78, 5) is 11.7. The topological polar surface area (TPSA) is 38.3 Å². The number of ether oxygens (including phenoxy) is 1. The summed E-state index contributed by atoms with van der Waals surface area (Å²) >= 11 is 0. The van der Waals surface area contributed by atoms with Crippen molar-refractivity contribution >= 4 is 25.4 Å². The number of hydrogen-bond donors (Lipinski definition) is 1. The second-order valence-electron chi connectivity index (χ2n) is 6.72. The van der Waals surface area contributed by atoms with Gasteiger partial charge in [-0.2, -0.15) is 0 Å². The van der Waals surface area contributed by atoms with Crippen LogP contribution in [0.15, 0.2) is 60.7 Å². The largest absolute Gasteiger partial charge is 0.445 e. The molecule has 1 amide bonds. The predicted octanol–water partition coefficient (Wildman–Crippen LogP) is 4.17. The molecular formula is C20H25NO2Si. The van der Waals surface area contributed by atoms with Gasteiger partial charge in [0.15, 0.2) is 0 Å². The van der Waals surface area contributed by atoms with Gasteiger partial charge in [-0.3, -0.25) is 0 Å². The van der Waals surface area contributed by atoms with Crippen molar-refractivity contribution in [1.29, 1.82) is 0 Å². The average molecular weight is 340 g/mol. The van der Waals surface area contributed by atoms with Gasteiger partial charge in [0.2, 0.25) is 0 Å². The van der Waals surface area contributed by atoms with E-state index in [1.165, 1.54) is 5.19 Å². The van der Waals surface area contributed by atoms with E-state index in [1.807, 2.05) is 42.5 Å². The van der Waals surface area contributed by atoms with Crippen molar-refractivity contribution in [3.05, 3.63) is 71.8 Å². The number of alkyl carbamates (subject to hydrolysis) is 1. The smallest absolute Gasteiger partial charge is 0.407 e. The van der Waals surface area contributed by atoms with Crippen LogP contribution in [0, 0.1) is 0 Å². The molecule has 0 saturated heterocycles. The first-order valence-electron chi connectivity index (χ1n) is 8.17. The van der Waals surface area contributed by atoms with Crippen LogP contribution in [-0.2, 0) is 11.3 Å². The van der Waals surface area contributed by atoms with Crippen molar-refractivity contribution < 1.29 is 9.53 Å². The molecule has 3 nitrogen and oxygen atoms in total. The first-order chi connectivity index (χ1) is 11.4. The van der Waals surface area contributed by atoms with Gasteiger partial charge in [0.1, 0.15) is 6.61 Å². The Morgan fingerprint density at radius 1 is 1.08 bits per heavy atom. The maximum absolute atomic E-state index is 11.7. The summed E-state index contributed by atoms with van der Waals surface area (Å²) in [5.41, 5.74) is 2.14. The Morgan fingerprint density at radius 3 is 2.54 bits per heavy atom. The second-order valence-corrected chi connectivity index (χ2v) is 11.8. The summed E-state index contributed by atoms with van der Waals surface area (Å²) in [7, 11) is -1.30. The van der Waals surface area contributed by atoms with E-state index < -0.39 is 14.2 Å². The Balaban J connectivity index is 1.77. The molecule has 0 aliphatic rings. The van der Waals surface area contributed by atoms with E-state index in [0.717, 1.165) is 11.1 Å². The highest BCUT2D eigenvalue weighted by atomic mass is 28.3. The minimum atomic E-state index is -1.30. The summed E-state index contributed by atoms with van der Waals surface area (Å²) < 4.78 is 5.17. The van der Waals surface area contributed by atoms with Crippen LogP contribution in [0.25, 0.3) is 6.08 Å². The minimum absolute atomic E-state index is 0.286. The van der Waals surface area contributed by atoms with Gasteiger partial charge in [0.05, 0.1) is 8.07 Å². The number of amides is 1. The first-order valence-corrected chi connectivity index (χ1v) is 11.7. The van der Waals surface area contributed by atoms with Gasteiger partial charge in [-0.25, -0.2) is 4.79 Å². The zero-order chi connectivity index (χ0) is 17.4. The molecule has 0 unspecified atom stereocenters. The summed E-state index contributed by atoms with van der Waals surface area (Å²) in [6.07, 6.45) is 3.56. The molecule has 24 heavy (non-hydrogen) atoms. The summed E-state index contributed by atoms with van der Waals surface area (Å²) in [5.74, 6) is 0. The summed E-state index contributed by atoms with van der Waals surface area (Å²) in [6.45, 7) is 7.74. The fraction of sp³-hybridized carbons (Fsp3) is 0.250. The number of hydrogen-bond acceptors (Lipinski definition) is 2. The molecular weight excluding hydrogens is 314 g/mol. The Labute approximate surface area is 145 Å². The van der Waals surface area contributed by atoms with E-state index in [9.17, 15) is 4.79 Å². The number of benzene rings is 2. The zero-order valence-corrected chi connectivity index (χ0v) is 15.6. The van der Waals surface area contributed by atoms with Crippen molar-refractivity contribution in [2.24, 2.45) is 0 Å². The summed E-state index contributed by atoms with van der Waals surface area (Å²) in [6, 6.07) is 18.2. The van der Waals surface area contributed by atoms with Gasteiger partial charge < -0.3 is 10.1 Å². The first kappa shape index (κ1) is 18.0. The van der Waals surface area contributed by atoms with Crippen molar-refractivity contribution in [2.45, 2.75) is 26.2 Å². The molecule has 0 aliphatic carbocycles. The Morgan fingerprint density at radius 2 is 1.83 bits per heavy atom. The molecule has 126 valence electrons. The highest BCUT2D eigenvalue weighted by Gasteiger charge is 2.15. The number of carbonyl (C=O) groups excluding carboxylic acids is 1. The lowest BCUT2D eigenvalue weighted by atomic mass is 10.2. The molecule has 0 radical (unpaired) electrons. The van der Waals surface area contributed by atoms with Gasteiger partial charge in [0, 0.05) is 6.54 Å². The maximum atomic E-state index is 11.7. The molecule has 0 fully saturated rings. The molecule has 0 atom stereocenters. The van der Waals surface area contributed by atoms with Crippen LogP contribution in [0.4, 0.5) is 4.79 Å². The Bertz CT molecular complexity index is 690. The third kappa shape index (κ3) is 6.05. The lowest BCUT2D eigenvalue weighted by Gasteiger charge is -2.16. The fourth-order valence-electron chi connectivity index (χ4n) is 2.22. The number of nitrogens with one attached hydrogen (secondary N) is 1. The van der Waals surface area contributed by atoms with E-state index in [-0.39, 0.29) is 6.61 Å². The maximum Gasteiger partial charge on any atom is 0.407 e. The van der Waals surface area contributed by atoms with Crippen molar-refractivity contribution in [3.63, 3.8) is 0 Å². The quantitative estimate of drug-likeness (QED) is 0.802. The van der Waals surface area contributed by atoms with Gasteiger partial charge in [-0.1, -0.05) is 91.6 Å². The molecule has 0 aromatic heterocycles. The molecule has 0 heterocycles. The van der Waals surface area contributed by atoms with Crippen LogP contribution in [0.1, 0.15) is 11.1 Å². The summed E-state index contributed by atoms with van der Waals surface area (Å²) in [5, 5.41) is 4.16. The third-order valence-corrected chi connectivity index (χ3v) is 5.68. The Kier molecular flexibility index (Phi) is 6.38. The number of rotatable bonds is 6. The molecule has 4 heteroatoms. The monoisotopic (exact) mass is 339 g/mol. The van der Waals surface area contributed by atoms with Crippen molar-refractivity contribution in [2.75, 3.05) is 6.54 Å². The lowest BCUT2D eigenvalue weighted by molar-refractivity contribution is 0.141. The van der Waals surface area contributed by atoms with Crippen LogP contribution in [0.2, 0.25) is 19.6 Å². The van der Waals surface area contributed by atoms with E-state index in [4.69, 9.17) is 4.74 Å². The van der Waals surface area contributed by atoms with Gasteiger partial charge in [0.25, 0.3) is 0 Å². The van der Waals surface area contributed by atoms with Gasteiger partial charge >= 0.3 is 6.09 Å². The average Bonchev–Trinajstić information content (AvgIpc) is 2.57. The zero-order valence-electron chi connectivity index (χ0n) is 14.6. The van der Waals surface area contributed by atoms with Crippen LogP contribution in [0.5, 0.6) is 0 Å². The van der Waals surface area contributed by atoms with E-state index >= 15 is 0 Å². The minimum Gasteiger partial charge on any atom is -0.445 e. The van der Waals surface area contributed by atoms with Crippen LogP contribution in [-0.4, -0.2) is 20.7 Å². The molecule has 0 bridgehead atoms. The standard InChI is InChI=1S/C20H25NO2Si/c1-24(2,3)19-13-7-11-17(15-19)12-8-14-21-20(22)23-16-18-9-5-4-6-10-18/h4-13,15H,14,16H2,1-3H3,(H,21,22). The molecule has 2 aromatic carbocycles. The second kappa shape index (κ2) is 8.50. The fourth-order valence-corrected chi connectivity index (χ4v) is 3.42. The van der Waals surface area contributed by atoms with E-state index in [0.29, 0.717) is 6.54 Å². The highest BCUT2D eigenvalue weighted by Crippen LogP contribution is 2.06. The third-order valence-electron chi connectivity index (χ3n) is 3.64. The lowest BCUT2D eigenvalue weighted by Crippen LogP contribution is -2.37. The normalized spacial score (nSPS) is 11.5.